The summed E-state index contributed by atoms with van der Waals surface area (Å²) < 4.78 is 0. The molecular weight excluding hydrogens is 356 g/mol. The van der Waals surface area contributed by atoms with Crippen molar-refractivity contribution in [3.63, 3.8) is 0 Å². The summed E-state index contributed by atoms with van der Waals surface area (Å²) in [5.41, 5.74) is 3.03. The van der Waals surface area contributed by atoms with Crippen molar-refractivity contribution in [3.8, 4) is 0 Å². The van der Waals surface area contributed by atoms with E-state index in [2.05, 4.69) is 86.6 Å². The van der Waals surface area contributed by atoms with Crippen LogP contribution in [-0.2, 0) is 5.41 Å². The molecule has 0 radical (unpaired) electrons. The van der Waals surface area contributed by atoms with Crippen LogP contribution in [0.2, 0.25) is 0 Å². The Morgan fingerprint density at radius 1 is 0.828 bits per heavy atom. The number of unbranched alkanes of at least 4 members (excludes halogenated alkanes) is 1. The van der Waals surface area contributed by atoms with Gasteiger partial charge in [-0.25, -0.2) is 0 Å². The lowest BCUT2D eigenvalue weighted by atomic mass is 9.64. The molecule has 2 nitrogen and oxygen atoms in total. The maximum atomic E-state index is 11.2. The molecule has 3 atom stereocenters. The van der Waals surface area contributed by atoms with E-state index in [1.54, 1.807) is 0 Å². The molecule has 0 saturated heterocycles. The van der Waals surface area contributed by atoms with E-state index in [4.69, 9.17) is 0 Å². The summed E-state index contributed by atoms with van der Waals surface area (Å²) in [7, 11) is 0. The first kappa shape index (κ1) is 26.2. The third-order valence-electron chi connectivity index (χ3n) is 6.21. The van der Waals surface area contributed by atoms with Crippen molar-refractivity contribution in [2.24, 2.45) is 16.7 Å². The number of aliphatic hydroxyl groups is 2. The van der Waals surface area contributed by atoms with Crippen LogP contribution in [-0.4, -0.2) is 22.9 Å². The molecule has 2 N–H and O–H groups in total. The van der Waals surface area contributed by atoms with E-state index in [1.165, 1.54) is 30.4 Å². The second-order valence-electron chi connectivity index (χ2n) is 12.2. The van der Waals surface area contributed by atoms with Gasteiger partial charge in [-0.3, -0.25) is 0 Å². The first-order chi connectivity index (χ1) is 13.2. The summed E-state index contributed by atoms with van der Waals surface area (Å²) >= 11 is 0. The lowest BCUT2D eigenvalue weighted by molar-refractivity contribution is 0.0478. The van der Waals surface area contributed by atoms with Gasteiger partial charge in [-0.2, -0.15) is 0 Å². The highest BCUT2D eigenvalue weighted by Gasteiger charge is 2.38. The van der Waals surface area contributed by atoms with Crippen molar-refractivity contribution in [2.75, 3.05) is 6.61 Å². The Morgan fingerprint density at radius 2 is 1.41 bits per heavy atom. The highest BCUT2D eigenvalue weighted by molar-refractivity contribution is 5.37. The van der Waals surface area contributed by atoms with E-state index < -0.39 is 6.10 Å². The van der Waals surface area contributed by atoms with Gasteiger partial charge in [0.15, 0.2) is 0 Å². The van der Waals surface area contributed by atoms with Gasteiger partial charge in [0, 0.05) is 12.5 Å². The molecule has 1 rings (SSSR count). The molecule has 3 unspecified atom stereocenters. The van der Waals surface area contributed by atoms with E-state index in [9.17, 15) is 10.2 Å². The molecule has 0 aliphatic rings. The Morgan fingerprint density at radius 3 is 1.90 bits per heavy atom. The standard InChI is InChI=1S/C27H48O2/c1-25(2,3)18-13-12-16-22(27(7,8)9)24(23(29)17-19-28)20-14-10-11-15-21(20)26(4,5)6/h10-11,14-15,22-24,28-29H,12-13,16-19H2,1-9H3. The summed E-state index contributed by atoms with van der Waals surface area (Å²) in [6.07, 6.45) is 4.63. The van der Waals surface area contributed by atoms with Crippen molar-refractivity contribution in [3.05, 3.63) is 35.4 Å². The summed E-state index contributed by atoms with van der Waals surface area (Å²) in [5, 5.41) is 20.8. The van der Waals surface area contributed by atoms with Crippen molar-refractivity contribution < 1.29 is 10.2 Å². The van der Waals surface area contributed by atoms with Crippen molar-refractivity contribution in [2.45, 2.75) is 112 Å². The number of benzene rings is 1. The van der Waals surface area contributed by atoms with Crippen LogP contribution in [0.5, 0.6) is 0 Å². The zero-order valence-corrected chi connectivity index (χ0v) is 20.7. The quantitative estimate of drug-likeness (QED) is 0.432. The minimum absolute atomic E-state index is 0.0163. The summed E-state index contributed by atoms with van der Waals surface area (Å²) in [6.45, 7) is 20.6. The first-order valence-electron chi connectivity index (χ1n) is 11.6. The Bertz CT molecular complexity index is 598. The number of rotatable bonds is 9. The molecule has 1 aromatic carbocycles. The molecule has 0 amide bonds. The third-order valence-corrected chi connectivity index (χ3v) is 6.21. The van der Waals surface area contributed by atoms with E-state index >= 15 is 0 Å². The van der Waals surface area contributed by atoms with Gasteiger partial charge in [0.05, 0.1) is 6.10 Å². The molecule has 0 fully saturated rings. The van der Waals surface area contributed by atoms with Crippen LogP contribution in [0.4, 0.5) is 0 Å². The Hall–Kier alpha value is -0.860. The summed E-state index contributed by atoms with van der Waals surface area (Å²) in [4.78, 5) is 0. The Kier molecular flexibility index (Phi) is 9.43. The van der Waals surface area contributed by atoms with Gasteiger partial charge in [0.25, 0.3) is 0 Å². The van der Waals surface area contributed by atoms with Crippen LogP contribution in [0, 0.1) is 16.7 Å². The molecule has 168 valence electrons. The second kappa shape index (κ2) is 10.4. The van der Waals surface area contributed by atoms with Gasteiger partial charge < -0.3 is 10.2 Å². The maximum Gasteiger partial charge on any atom is 0.0633 e. The number of aliphatic hydroxyl groups excluding tert-OH is 2. The predicted molar refractivity (Wildman–Crippen MR) is 126 cm³/mol. The molecule has 0 saturated carbocycles. The Balaban J connectivity index is 3.31. The van der Waals surface area contributed by atoms with Crippen LogP contribution in [0.25, 0.3) is 0 Å². The largest absolute Gasteiger partial charge is 0.396 e. The van der Waals surface area contributed by atoms with Crippen LogP contribution in [0.15, 0.2) is 24.3 Å². The predicted octanol–water partition coefficient (Wildman–Crippen LogP) is 7.08. The highest BCUT2D eigenvalue weighted by Crippen LogP contribution is 2.46. The van der Waals surface area contributed by atoms with Crippen molar-refractivity contribution in [1.29, 1.82) is 0 Å². The average molecular weight is 405 g/mol. The fraction of sp³-hybridized carbons (Fsp3) is 0.778. The minimum atomic E-state index is -0.532. The minimum Gasteiger partial charge on any atom is -0.396 e. The second-order valence-corrected chi connectivity index (χ2v) is 12.2. The Labute approximate surface area is 181 Å². The lowest BCUT2D eigenvalue weighted by Crippen LogP contribution is -2.36. The molecule has 0 spiro atoms. The first-order valence-corrected chi connectivity index (χ1v) is 11.6. The van der Waals surface area contributed by atoms with Crippen LogP contribution < -0.4 is 0 Å². The third kappa shape index (κ3) is 8.42. The molecule has 29 heavy (non-hydrogen) atoms. The van der Waals surface area contributed by atoms with Gasteiger partial charge >= 0.3 is 0 Å². The van der Waals surface area contributed by atoms with Gasteiger partial charge in [-0.1, -0.05) is 99.4 Å². The zero-order valence-electron chi connectivity index (χ0n) is 20.7. The summed E-state index contributed by atoms with van der Waals surface area (Å²) in [5.74, 6) is 0.389. The molecule has 0 heterocycles. The molecule has 1 aromatic rings. The normalized spacial score (nSPS) is 16.5. The molecule has 0 aromatic heterocycles. The fourth-order valence-electron chi connectivity index (χ4n) is 4.65. The van der Waals surface area contributed by atoms with E-state index in [0.717, 1.165) is 6.42 Å². The highest BCUT2D eigenvalue weighted by atomic mass is 16.3. The van der Waals surface area contributed by atoms with Gasteiger partial charge in [0.2, 0.25) is 0 Å². The number of hydrogen-bond acceptors (Lipinski definition) is 2. The van der Waals surface area contributed by atoms with Crippen molar-refractivity contribution >= 4 is 0 Å². The van der Waals surface area contributed by atoms with Gasteiger partial charge in [-0.15, -0.1) is 0 Å². The monoisotopic (exact) mass is 404 g/mol. The molecule has 0 aliphatic heterocycles. The maximum absolute atomic E-state index is 11.2. The molecule has 0 aliphatic carbocycles. The molecule has 0 bridgehead atoms. The lowest BCUT2D eigenvalue weighted by Gasteiger charge is -2.42. The smallest absolute Gasteiger partial charge is 0.0633 e. The van der Waals surface area contributed by atoms with E-state index in [1.807, 2.05) is 0 Å². The van der Waals surface area contributed by atoms with E-state index in [-0.39, 0.29) is 23.4 Å². The summed E-state index contributed by atoms with van der Waals surface area (Å²) in [6, 6.07) is 8.63. The number of hydrogen-bond donors (Lipinski definition) is 2. The van der Waals surface area contributed by atoms with Gasteiger partial charge in [0.1, 0.15) is 0 Å². The fourth-order valence-corrected chi connectivity index (χ4v) is 4.65. The van der Waals surface area contributed by atoms with Crippen LogP contribution in [0.3, 0.4) is 0 Å². The van der Waals surface area contributed by atoms with Crippen LogP contribution >= 0.6 is 0 Å². The average Bonchev–Trinajstić information content (AvgIpc) is 2.55. The topological polar surface area (TPSA) is 40.5 Å². The zero-order chi connectivity index (χ0) is 22.5. The van der Waals surface area contributed by atoms with Gasteiger partial charge in [-0.05, 0) is 52.6 Å². The SMILES string of the molecule is CC(C)(C)CCCCC(C(c1ccccc1C(C)(C)C)C(O)CCO)C(C)(C)C. The molecule has 2 heteroatoms. The van der Waals surface area contributed by atoms with Crippen LogP contribution in [0.1, 0.15) is 111 Å². The molecular formula is C27H48O2. The van der Waals surface area contributed by atoms with Crippen molar-refractivity contribution in [1.82, 2.24) is 0 Å². The van der Waals surface area contributed by atoms with E-state index in [0.29, 0.717) is 17.8 Å².